The summed E-state index contributed by atoms with van der Waals surface area (Å²) in [6, 6.07) is 20.1. The lowest BCUT2D eigenvalue weighted by atomic mass is 9.92. The van der Waals surface area contributed by atoms with E-state index in [4.69, 9.17) is 9.15 Å². The minimum Gasteiger partial charge on any atom is -0.493 e. The summed E-state index contributed by atoms with van der Waals surface area (Å²) >= 11 is 0. The summed E-state index contributed by atoms with van der Waals surface area (Å²) in [5.41, 5.74) is 1.35. The number of halogens is 2. The largest absolute Gasteiger partial charge is 0.493 e. The van der Waals surface area contributed by atoms with Crippen LogP contribution in [0, 0.1) is 18.6 Å². The molecular formula is C29H28F2N2O4. The average molecular weight is 507 g/mol. The number of nitrogens with zero attached hydrogens (tertiary/aromatic N) is 1. The molecule has 8 heteroatoms. The van der Waals surface area contributed by atoms with Gasteiger partial charge in [-0.25, -0.2) is 13.8 Å². The molecule has 1 heterocycles. The molecule has 0 spiro atoms. The van der Waals surface area contributed by atoms with Gasteiger partial charge in [-0.3, -0.25) is 10.1 Å². The summed E-state index contributed by atoms with van der Waals surface area (Å²) in [5, 5.41) is 12.7. The van der Waals surface area contributed by atoms with Crippen molar-refractivity contribution in [2.24, 2.45) is 0 Å². The van der Waals surface area contributed by atoms with Gasteiger partial charge >= 0.3 is 5.97 Å². The van der Waals surface area contributed by atoms with Crippen LogP contribution in [0.15, 0.2) is 77.2 Å². The SMILES string of the molecule is Cc1oc(-c2ccccc2)nc1CCOc1ccc(CC(C)(NCc2ccc(F)cc2F)C(=O)O)cc1. The van der Waals surface area contributed by atoms with Crippen LogP contribution in [0.1, 0.15) is 29.5 Å². The van der Waals surface area contributed by atoms with Gasteiger partial charge < -0.3 is 14.3 Å². The molecule has 4 aromatic rings. The molecule has 0 aliphatic heterocycles. The van der Waals surface area contributed by atoms with Crippen LogP contribution in [0.3, 0.4) is 0 Å². The smallest absolute Gasteiger partial charge is 0.323 e. The number of benzene rings is 3. The first-order chi connectivity index (χ1) is 17.7. The quantitative estimate of drug-likeness (QED) is 0.271. The van der Waals surface area contributed by atoms with Crippen molar-refractivity contribution in [3.63, 3.8) is 0 Å². The molecule has 0 radical (unpaired) electrons. The molecule has 1 atom stereocenters. The number of aliphatic carboxylic acids is 1. The Labute approximate surface area is 213 Å². The molecule has 0 saturated carbocycles. The van der Waals surface area contributed by atoms with E-state index in [9.17, 15) is 18.7 Å². The van der Waals surface area contributed by atoms with Gasteiger partial charge in [0.2, 0.25) is 5.89 Å². The number of hydrogen-bond donors (Lipinski definition) is 2. The molecule has 192 valence electrons. The fraction of sp³-hybridized carbons (Fsp3) is 0.241. The maximum atomic E-state index is 14.0. The zero-order chi connectivity index (χ0) is 26.4. The van der Waals surface area contributed by atoms with Crippen LogP contribution in [-0.2, 0) is 24.2 Å². The number of nitrogens with one attached hydrogen (secondary N) is 1. The second-order valence-electron chi connectivity index (χ2n) is 9.03. The van der Waals surface area contributed by atoms with Crippen molar-refractivity contribution >= 4 is 5.97 Å². The predicted molar refractivity (Wildman–Crippen MR) is 135 cm³/mol. The van der Waals surface area contributed by atoms with Crippen molar-refractivity contribution in [2.45, 2.75) is 38.8 Å². The number of aryl methyl sites for hydroxylation is 1. The van der Waals surface area contributed by atoms with Gasteiger partial charge in [0.1, 0.15) is 28.7 Å². The Bertz CT molecular complexity index is 1360. The maximum absolute atomic E-state index is 14.0. The Morgan fingerprint density at radius 1 is 1.08 bits per heavy atom. The van der Waals surface area contributed by atoms with Crippen LogP contribution in [0.25, 0.3) is 11.5 Å². The van der Waals surface area contributed by atoms with E-state index in [-0.39, 0.29) is 18.5 Å². The molecule has 6 nitrogen and oxygen atoms in total. The zero-order valence-electron chi connectivity index (χ0n) is 20.6. The third-order valence-electron chi connectivity index (χ3n) is 6.16. The number of rotatable bonds is 11. The molecule has 0 fully saturated rings. The van der Waals surface area contributed by atoms with Gasteiger partial charge in [0.05, 0.1) is 12.3 Å². The van der Waals surface area contributed by atoms with E-state index in [2.05, 4.69) is 10.3 Å². The van der Waals surface area contributed by atoms with Crippen LogP contribution < -0.4 is 10.1 Å². The standard InChI is InChI=1S/C29H28F2N2O4/c1-19-26(33-27(37-19)21-6-4-3-5-7-21)14-15-36-24-12-8-20(9-13-24)17-29(2,28(34)35)32-18-22-10-11-23(30)16-25(22)31/h3-13,16,32H,14-15,17-18H2,1-2H3,(H,34,35). The highest BCUT2D eigenvalue weighted by Gasteiger charge is 2.33. The molecular weight excluding hydrogens is 478 g/mol. The summed E-state index contributed by atoms with van der Waals surface area (Å²) in [6.07, 6.45) is 0.733. The molecule has 0 amide bonds. The maximum Gasteiger partial charge on any atom is 0.323 e. The first kappa shape index (κ1) is 26.0. The molecule has 0 aliphatic rings. The minimum absolute atomic E-state index is 0.0520. The molecule has 4 rings (SSSR count). The molecule has 0 bridgehead atoms. The number of ether oxygens (including phenoxy) is 1. The van der Waals surface area contributed by atoms with Crippen LogP contribution in [-0.4, -0.2) is 28.2 Å². The molecule has 37 heavy (non-hydrogen) atoms. The normalized spacial score (nSPS) is 12.8. The van der Waals surface area contributed by atoms with E-state index in [1.165, 1.54) is 13.0 Å². The van der Waals surface area contributed by atoms with E-state index in [0.717, 1.165) is 34.7 Å². The lowest BCUT2D eigenvalue weighted by molar-refractivity contribution is -0.144. The molecule has 0 aliphatic carbocycles. The Morgan fingerprint density at radius 3 is 2.49 bits per heavy atom. The Balaban J connectivity index is 1.32. The third-order valence-corrected chi connectivity index (χ3v) is 6.16. The van der Waals surface area contributed by atoms with Gasteiger partial charge in [-0.1, -0.05) is 36.4 Å². The topological polar surface area (TPSA) is 84.6 Å². The Hall–Kier alpha value is -4.04. The van der Waals surface area contributed by atoms with Crippen LogP contribution in [0.5, 0.6) is 5.75 Å². The highest BCUT2D eigenvalue weighted by atomic mass is 19.1. The highest BCUT2D eigenvalue weighted by Crippen LogP contribution is 2.23. The zero-order valence-corrected chi connectivity index (χ0v) is 20.6. The summed E-state index contributed by atoms with van der Waals surface area (Å²) in [6.45, 7) is 3.76. The number of oxazole rings is 1. The van der Waals surface area contributed by atoms with Gasteiger partial charge in [-0.15, -0.1) is 0 Å². The number of carboxylic acid groups (broad SMARTS) is 1. The summed E-state index contributed by atoms with van der Waals surface area (Å²) in [5.74, 6) is -0.510. The monoisotopic (exact) mass is 506 g/mol. The van der Waals surface area contributed by atoms with E-state index in [1.807, 2.05) is 37.3 Å². The molecule has 3 aromatic carbocycles. The van der Waals surface area contributed by atoms with E-state index in [0.29, 0.717) is 24.7 Å². The molecule has 2 N–H and O–H groups in total. The van der Waals surface area contributed by atoms with Crippen molar-refractivity contribution in [3.05, 3.63) is 107 Å². The van der Waals surface area contributed by atoms with Gasteiger partial charge in [-0.05, 0) is 49.7 Å². The number of aromatic nitrogens is 1. The fourth-order valence-electron chi connectivity index (χ4n) is 3.91. The van der Waals surface area contributed by atoms with Gasteiger partial charge in [0.15, 0.2) is 0 Å². The first-order valence-corrected chi connectivity index (χ1v) is 11.9. The lowest BCUT2D eigenvalue weighted by Gasteiger charge is -2.27. The number of hydrogen-bond acceptors (Lipinski definition) is 5. The number of carboxylic acids is 1. The van der Waals surface area contributed by atoms with E-state index in [1.54, 1.807) is 24.3 Å². The van der Waals surface area contributed by atoms with Gasteiger partial charge in [-0.2, -0.15) is 0 Å². The molecule has 0 saturated heterocycles. The average Bonchev–Trinajstić information content (AvgIpc) is 3.25. The van der Waals surface area contributed by atoms with Gasteiger partial charge in [0.25, 0.3) is 0 Å². The molecule has 1 aromatic heterocycles. The van der Waals surface area contributed by atoms with Crippen molar-refractivity contribution in [1.29, 1.82) is 0 Å². The highest BCUT2D eigenvalue weighted by molar-refractivity contribution is 5.78. The second-order valence-corrected chi connectivity index (χ2v) is 9.03. The van der Waals surface area contributed by atoms with E-state index >= 15 is 0 Å². The Morgan fingerprint density at radius 2 is 1.81 bits per heavy atom. The fourth-order valence-corrected chi connectivity index (χ4v) is 3.91. The molecule has 1 unspecified atom stereocenters. The minimum atomic E-state index is -1.36. The first-order valence-electron chi connectivity index (χ1n) is 11.9. The predicted octanol–water partition coefficient (Wildman–Crippen LogP) is 5.73. The summed E-state index contributed by atoms with van der Waals surface area (Å²) in [4.78, 5) is 16.6. The van der Waals surface area contributed by atoms with Crippen molar-refractivity contribution in [1.82, 2.24) is 10.3 Å². The van der Waals surface area contributed by atoms with Crippen LogP contribution in [0.4, 0.5) is 8.78 Å². The van der Waals surface area contributed by atoms with Gasteiger partial charge in [0, 0.05) is 36.6 Å². The van der Waals surface area contributed by atoms with Crippen molar-refractivity contribution < 1.29 is 27.8 Å². The number of carbonyl (C=O) groups is 1. The van der Waals surface area contributed by atoms with Crippen molar-refractivity contribution in [2.75, 3.05) is 6.61 Å². The summed E-state index contributed by atoms with van der Waals surface area (Å²) in [7, 11) is 0. The summed E-state index contributed by atoms with van der Waals surface area (Å²) < 4.78 is 38.7. The van der Waals surface area contributed by atoms with Crippen molar-refractivity contribution in [3.8, 4) is 17.2 Å². The van der Waals surface area contributed by atoms with Crippen LogP contribution >= 0.6 is 0 Å². The third kappa shape index (κ3) is 6.59. The second kappa shape index (κ2) is 11.3. The Kier molecular flexibility index (Phi) is 7.98. The van der Waals surface area contributed by atoms with Crippen LogP contribution in [0.2, 0.25) is 0 Å². The van der Waals surface area contributed by atoms with E-state index < -0.39 is 23.1 Å². The lowest BCUT2D eigenvalue weighted by Crippen LogP contribution is -2.51.